The predicted octanol–water partition coefficient (Wildman–Crippen LogP) is 26.2. The van der Waals surface area contributed by atoms with Gasteiger partial charge in [-0.2, -0.15) is 0 Å². The number of phosphoric ester groups is 2. The normalized spacial score (nSPS) is 13.8. The summed E-state index contributed by atoms with van der Waals surface area (Å²) in [6.45, 7) is 9.67. The highest BCUT2D eigenvalue weighted by molar-refractivity contribution is 7.47. The van der Waals surface area contributed by atoms with Crippen molar-refractivity contribution in [2.75, 3.05) is 39.6 Å². The van der Waals surface area contributed by atoms with E-state index in [9.17, 15) is 43.2 Å². The summed E-state index contributed by atoms with van der Waals surface area (Å²) < 4.78 is 68.9. The number of aliphatic hydroxyl groups excluding tert-OH is 1. The van der Waals surface area contributed by atoms with Gasteiger partial charge in [0.25, 0.3) is 0 Å². The third kappa shape index (κ3) is 79.9. The molecule has 5 atom stereocenters. The molecule has 0 aromatic carbocycles. The van der Waals surface area contributed by atoms with Gasteiger partial charge in [0.2, 0.25) is 0 Å². The van der Waals surface area contributed by atoms with Crippen LogP contribution in [0.1, 0.15) is 459 Å². The zero-order chi connectivity index (χ0) is 77.1. The highest BCUT2D eigenvalue weighted by Crippen LogP contribution is 2.45. The number of hydrogen-bond donors (Lipinski definition) is 3. The molecule has 0 saturated heterocycles. The zero-order valence-corrected chi connectivity index (χ0v) is 70.8. The van der Waals surface area contributed by atoms with Crippen LogP contribution in [0.25, 0.3) is 0 Å². The molecule has 2 unspecified atom stereocenters. The minimum Gasteiger partial charge on any atom is -0.462 e. The van der Waals surface area contributed by atoms with E-state index >= 15 is 0 Å². The Morgan fingerprint density at radius 1 is 0.257 bits per heavy atom. The lowest BCUT2D eigenvalue weighted by Gasteiger charge is -2.21. The van der Waals surface area contributed by atoms with Crippen molar-refractivity contribution in [3.05, 3.63) is 0 Å². The minimum atomic E-state index is -4.97. The molecule has 0 saturated carbocycles. The summed E-state index contributed by atoms with van der Waals surface area (Å²) in [7, 11) is -9.93. The molecule has 0 aliphatic carbocycles. The molecule has 0 aliphatic heterocycles. The summed E-state index contributed by atoms with van der Waals surface area (Å²) >= 11 is 0. The molecule has 0 bridgehead atoms. The molecule has 0 fully saturated rings. The van der Waals surface area contributed by atoms with Gasteiger partial charge in [0.05, 0.1) is 26.4 Å². The average Bonchev–Trinajstić information content (AvgIpc) is 0.904. The van der Waals surface area contributed by atoms with E-state index < -0.39 is 97.5 Å². The molecule has 17 nitrogen and oxygen atoms in total. The van der Waals surface area contributed by atoms with Gasteiger partial charge < -0.3 is 33.8 Å². The van der Waals surface area contributed by atoms with E-state index in [1.54, 1.807) is 0 Å². The van der Waals surface area contributed by atoms with Gasteiger partial charge in [0.1, 0.15) is 19.3 Å². The number of carbonyl (C=O) groups is 4. The second-order valence-electron chi connectivity index (χ2n) is 31.9. The van der Waals surface area contributed by atoms with Crippen LogP contribution in [0.4, 0.5) is 0 Å². The molecule has 0 aromatic heterocycles. The Labute approximate surface area is 645 Å². The summed E-state index contributed by atoms with van der Waals surface area (Å²) in [6.07, 6.45) is 69.5. The number of unbranched alkanes of at least 4 members (excludes halogenated alkanes) is 55. The molecule has 0 heterocycles. The van der Waals surface area contributed by atoms with Gasteiger partial charge in [-0.1, -0.05) is 408 Å². The molecule has 0 rings (SSSR count). The van der Waals surface area contributed by atoms with E-state index in [2.05, 4.69) is 41.5 Å². The van der Waals surface area contributed by atoms with Crippen LogP contribution >= 0.6 is 15.6 Å². The molecule has 0 spiro atoms. The Morgan fingerprint density at radius 2 is 0.438 bits per heavy atom. The van der Waals surface area contributed by atoms with Crippen molar-refractivity contribution in [1.29, 1.82) is 0 Å². The molecule has 0 aliphatic rings. The van der Waals surface area contributed by atoms with Gasteiger partial charge in [-0.05, 0) is 37.5 Å². The zero-order valence-electron chi connectivity index (χ0n) is 69.0. The Hall–Kier alpha value is -1.94. The van der Waals surface area contributed by atoms with Gasteiger partial charge in [-0.3, -0.25) is 37.3 Å². The average molecular weight is 1540 g/mol. The van der Waals surface area contributed by atoms with Crippen molar-refractivity contribution >= 4 is 39.5 Å². The first-order valence-electron chi connectivity index (χ1n) is 44.5. The van der Waals surface area contributed by atoms with Gasteiger partial charge in [-0.15, -0.1) is 0 Å². The maximum absolute atomic E-state index is 13.1. The monoisotopic (exact) mass is 1540 g/mol. The molecule has 19 heteroatoms. The molecule has 0 aromatic rings. The number of hydrogen-bond acceptors (Lipinski definition) is 15. The lowest BCUT2D eigenvalue weighted by molar-refractivity contribution is -0.161. The number of ether oxygens (including phenoxy) is 4. The second kappa shape index (κ2) is 77.4. The molecule has 624 valence electrons. The van der Waals surface area contributed by atoms with Crippen LogP contribution < -0.4 is 0 Å². The second-order valence-corrected chi connectivity index (χ2v) is 34.8. The molecular weight excluding hydrogens is 1370 g/mol. The summed E-state index contributed by atoms with van der Waals surface area (Å²) in [4.78, 5) is 73.2. The number of rotatable bonds is 85. The Bertz CT molecular complexity index is 2010. The first kappa shape index (κ1) is 103. The van der Waals surface area contributed by atoms with E-state index in [0.717, 1.165) is 102 Å². The highest BCUT2D eigenvalue weighted by atomic mass is 31.2. The van der Waals surface area contributed by atoms with Crippen LogP contribution in [0.2, 0.25) is 0 Å². The van der Waals surface area contributed by atoms with Gasteiger partial charge in [0, 0.05) is 25.7 Å². The van der Waals surface area contributed by atoms with E-state index in [-0.39, 0.29) is 25.7 Å². The smallest absolute Gasteiger partial charge is 0.462 e. The van der Waals surface area contributed by atoms with Gasteiger partial charge in [-0.25, -0.2) is 9.13 Å². The number of carbonyl (C=O) groups excluding carboxylic acids is 4. The van der Waals surface area contributed by atoms with Crippen LogP contribution in [-0.4, -0.2) is 96.7 Å². The van der Waals surface area contributed by atoms with Crippen LogP contribution in [0.3, 0.4) is 0 Å². The summed E-state index contributed by atoms with van der Waals surface area (Å²) in [6, 6.07) is 0. The maximum Gasteiger partial charge on any atom is 0.472 e. The lowest BCUT2D eigenvalue weighted by Crippen LogP contribution is -2.30. The topological polar surface area (TPSA) is 237 Å². The fourth-order valence-electron chi connectivity index (χ4n) is 13.4. The van der Waals surface area contributed by atoms with Crippen molar-refractivity contribution in [2.45, 2.75) is 477 Å². The Balaban J connectivity index is 5.24. The molecule has 0 radical (unpaired) electrons. The van der Waals surface area contributed by atoms with Gasteiger partial charge >= 0.3 is 39.5 Å². The first-order valence-corrected chi connectivity index (χ1v) is 47.5. The maximum atomic E-state index is 13.1. The third-order valence-electron chi connectivity index (χ3n) is 20.2. The predicted molar refractivity (Wildman–Crippen MR) is 432 cm³/mol. The van der Waals surface area contributed by atoms with Crippen LogP contribution in [0.5, 0.6) is 0 Å². The minimum absolute atomic E-state index is 0.108. The van der Waals surface area contributed by atoms with Crippen molar-refractivity contribution in [2.24, 2.45) is 11.8 Å². The molecule has 105 heavy (non-hydrogen) atoms. The summed E-state index contributed by atoms with van der Waals surface area (Å²) in [5.41, 5.74) is 0. The van der Waals surface area contributed by atoms with Gasteiger partial charge in [0.15, 0.2) is 12.2 Å². The van der Waals surface area contributed by atoms with Crippen LogP contribution in [0, 0.1) is 11.8 Å². The third-order valence-corrected chi connectivity index (χ3v) is 22.1. The van der Waals surface area contributed by atoms with Crippen LogP contribution in [0.15, 0.2) is 0 Å². The molecule has 3 N–H and O–H groups in total. The van der Waals surface area contributed by atoms with E-state index in [1.807, 2.05) is 0 Å². The summed E-state index contributed by atoms with van der Waals surface area (Å²) in [5, 5.41) is 10.7. The fraction of sp³-hybridized carbons (Fsp3) is 0.953. The van der Waals surface area contributed by atoms with Crippen molar-refractivity contribution in [3.63, 3.8) is 0 Å². The Kier molecular flexibility index (Phi) is 76.0. The first-order chi connectivity index (χ1) is 50.9. The van der Waals surface area contributed by atoms with E-state index in [4.69, 9.17) is 37.0 Å². The SMILES string of the molecule is CCCCCCCCCCCCCCCCCCCCCCCC(=O)O[C@H](COC(=O)CCCCCCCCCCCCCCCCCC(C)C)COP(=O)(O)OC[C@@H](O)COP(=O)(O)OC[C@@H](COC(=O)CCCCCCCCCCC(C)C)OC(=O)CCCCCCCCCCCCCCCCC. The number of phosphoric acid groups is 2. The van der Waals surface area contributed by atoms with Crippen molar-refractivity contribution in [3.8, 4) is 0 Å². The van der Waals surface area contributed by atoms with Crippen molar-refractivity contribution in [1.82, 2.24) is 0 Å². The molecule has 0 amide bonds. The highest BCUT2D eigenvalue weighted by Gasteiger charge is 2.30. The van der Waals surface area contributed by atoms with E-state index in [0.29, 0.717) is 25.7 Å². The quantitative estimate of drug-likeness (QED) is 0.0222. The fourth-order valence-corrected chi connectivity index (χ4v) is 15.0. The largest absolute Gasteiger partial charge is 0.472 e. The van der Waals surface area contributed by atoms with E-state index in [1.165, 1.54) is 276 Å². The number of aliphatic hydroxyl groups is 1. The summed E-state index contributed by atoms with van der Waals surface area (Å²) in [5.74, 6) is -0.569. The molecular formula is C86H168O17P2. The number of esters is 4. The standard InChI is InChI=1S/C86H168O17P2/c1-7-9-11-13-15-17-19-21-23-24-25-26-27-28-32-37-41-45-53-59-65-71-85(90)102-81(74-96-83(88)68-62-56-50-43-39-35-33-29-31-34-38-42-48-54-60-66-78(3)4)76-100-104(92,93)98-72-80(87)73-99-105(94,95)101-77-82(75-97-84(89)69-63-57-51-47-46-49-55-61-67-79(5)6)103-86(91)70-64-58-52-44-40-36-30-22-20-18-16-14-12-10-8-2/h78-82,87H,7-77H2,1-6H3,(H,92,93)(H,94,95)/t80-,81-,82-/m1/s1. The van der Waals surface area contributed by atoms with Crippen LogP contribution in [-0.2, 0) is 65.4 Å². The lowest BCUT2D eigenvalue weighted by atomic mass is 10.0. The van der Waals surface area contributed by atoms with Crippen molar-refractivity contribution < 1.29 is 80.2 Å². The Morgan fingerprint density at radius 3 is 0.648 bits per heavy atom.